The molecule has 0 unspecified atom stereocenters. The van der Waals surface area contributed by atoms with Crippen molar-refractivity contribution in [1.29, 1.82) is 0 Å². The molecule has 0 aliphatic rings. The fourth-order valence-electron chi connectivity index (χ4n) is 9.16. The van der Waals surface area contributed by atoms with Crippen LogP contribution < -0.4 is 0 Å². The lowest BCUT2D eigenvalue weighted by molar-refractivity contribution is 1.18. The number of para-hydroxylation sites is 2. The lowest BCUT2D eigenvalue weighted by Gasteiger charge is -2.16. The standard InChI is InChI=1S/C60H40N2/c1-5-18-41(19-6-1)45-32-35-56(51(38-45)44-24-11-4-12-25-44)61-55-30-16-14-27-50(55)52-39-46(33-36-57(52)61)47-34-37-58-53(40-47)60-49(43-22-9-3-10-23-43)28-17-31-59(60)62(58)54-29-15-13-26-48(54)42-20-7-2-8-21-42/h1-40H/i14D,16D,27D,30D,33D,36D,39D. The highest BCUT2D eigenvalue weighted by Crippen LogP contribution is 2.44. The largest absolute Gasteiger partial charge is 0.309 e. The fourth-order valence-corrected chi connectivity index (χ4v) is 9.16. The molecule has 0 fully saturated rings. The molecular formula is C60H40N2. The van der Waals surface area contributed by atoms with Crippen molar-refractivity contribution in [3.63, 3.8) is 0 Å². The first kappa shape index (κ1) is 29.1. The summed E-state index contributed by atoms with van der Waals surface area (Å²) in [6, 6.07) is 65.0. The summed E-state index contributed by atoms with van der Waals surface area (Å²) < 4.78 is 70.6. The molecule has 0 amide bonds. The van der Waals surface area contributed by atoms with Crippen LogP contribution in [-0.2, 0) is 0 Å². The maximum absolute atomic E-state index is 10.2. The lowest BCUT2D eigenvalue weighted by Crippen LogP contribution is -1.98. The molecule has 2 heterocycles. The molecule has 10 aromatic carbocycles. The van der Waals surface area contributed by atoms with E-state index in [4.69, 9.17) is 2.74 Å². The van der Waals surface area contributed by atoms with Gasteiger partial charge < -0.3 is 9.13 Å². The zero-order chi connectivity index (χ0) is 47.1. The van der Waals surface area contributed by atoms with Crippen molar-refractivity contribution < 1.29 is 9.60 Å². The normalized spacial score (nSPS) is 13.1. The molecule has 2 aromatic heterocycles. The molecule has 2 heteroatoms. The van der Waals surface area contributed by atoms with E-state index >= 15 is 0 Å². The van der Waals surface area contributed by atoms with E-state index in [2.05, 4.69) is 65.2 Å². The number of fused-ring (bicyclic) bond motifs is 6. The fraction of sp³-hybridized carbons (Fsp3) is 0. The molecule has 12 aromatic rings. The quantitative estimate of drug-likeness (QED) is 0.152. The molecule has 290 valence electrons. The summed E-state index contributed by atoms with van der Waals surface area (Å²) in [5, 5.41) is 2.20. The second kappa shape index (κ2) is 14.8. The third kappa shape index (κ3) is 5.88. The van der Waals surface area contributed by atoms with Crippen LogP contribution in [0.2, 0.25) is 0 Å². The van der Waals surface area contributed by atoms with E-state index in [1.54, 1.807) is 4.57 Å². The van der Waals surface area contributed by atoms with Crippen LogP contribution in [0.4, 0.5) is 0 Å². The summed E-state index contributed by atoms with van der Waals surface area (Å²) in [5.74, 6) is 0. The van der Waals surface area contributed by atoms with E-state index in [-0.39, 0.29) is 57.6 Å². The Balaban J connectivity index is 1.17. The van der Waals surface area contributed by atoms with Crippen LogP contribution in [0, 0.1) is 0 Å². The zero-order valence-electron chi connectivity index (χ0n) is 40.4. The minimum atomic E-state index is -0.435. The minimum absolute atomic E-state index is 0.0947. The van der Waals surface area contributed by atoms with Crippen LogP contribution in [0.5, 0.6) is 0 Å². The predicted molar refractivity (Wildman–Crippen MR) is 262 cm³/mol. The average Bonchev–Trinajstić information content (AvgIpc) is 3.94. The van der Waals surface area contributed by atoms with Gasteiger partial charge in [0.15, 0.2) is 0 Å². The van der Waals surface area contributed by atoms with Gasteiger partial charge in [-0.25, -0.2) is 0 Å². The van der Waals surface area contributed by atoms with Crippen molar-refractivity contribution >= 4 is 43.6 Å². The zero-order valence-corrected chi connectivity index (χ0v) is 33.4. The Labute approximate surface area is 370 Å². The Morgan fingerprint density at radius 1 is 0.290 bits per heavy atom. The van der Waals surface area contributed by atoms with Gasteiger partial charge in [0.2, 0.25) is 0 Å². The Morgan fingerprint density at radius 2 is 0.839 bits per heavy atom. The highest BCUT2D eigenvalue weighted by molar-refractivity contribution is 6.17. The number of rotatable bonds is 7. The molecule has 0 bridgehead atoms. The van der Waals surface area contributed by atoms with E-state index < -0.39 is 12.1 Å². The van der Waals surface area contributed by atoms with Crippen molar-refractivity contribution in [2.45, 2.75) is 0 Å². The Hall–Kier alpha value is -8.20. The first-order valence-corrected chi connectivity index (χ1v) is 20.8. The van der Waals surface area contributed by atoms with E-state index in [1.165, 1.54) is 0 Å². The monoisotopic (exact) mass is 795 g/mol. The molecule has 0 saturated carbocycles. The predicted octanol–water partition coefficient (Wildman–Crippen LogP) is 16.2. The van der Waals surface area contributed by atoms with Gasteiger partial charge >= 0.3 is 0 Å². The Morgan fingerprint density at radius 3 is 1.58 bits per heavy atom. The summed E-state index contributed by atoms with van der Waals surface area (Å²) >= 11 is 0. The smallest absolute Gasteiger partial charge is 0.0645 e. The van der Waals surface area contributed by atoms with Crippen LogP contribution in [-0.4, -0.2) is 9.13 Å². The van der Waals surface area contributed by atoms with Crippen LogP contribution in [0.25, 0.3) is 111 Å². The molecule has 2 nitrogen and oxygen atoms in total. The molecule has 62 heavy (non-hydrogen) atoms. The van der Waals surface area contributed by atoms with Crippen molar-refractivity contribution in [3.8, 4) is 67.0 Å². The Bertz CT molecular complexity index is 4010. The number of benzene rings is 10. The molecular weight excluding hydrogens is 749 g/mol. The number of nitrogens with zero attached hydrogens (tertiary/aromatic N) is 2. The van der Waals surface area contributed by atoms with Gasteiger partial charge in [0.05, 0.1) is 43.0 Å². The average molecular weight is 796 g/mol. The second-order valence-corrected chi connectivity index (χ2v) is 15.5. The van der Waals surface area contributed by atoms with Crippen molar-refractivity contribution in [1.82, 2.24) is 9.13 Å². The van der Waals surface area contributed by atoms with E-state index in [1.807, 2.05) is 140 Å². The molecule has 0 N–H and O–H groups in total. The van der Waals surface area contributed by atoms with Crippen molar-refractivity contribution in [2.75, 3.05) is 0 Å². The SMILES string of the molecule is [2H]c1c([2H])c([2H])c2c(c1[2H])c1c([2H])c(-c3ccc4c(c3)c3c(-c5ccccc5)cccc3n4-c3ccccc3-c3ccccc3)c([2H])c([2H])c1n2-c1ccc(-c2ccccc2)cc1-c1ccccc1. The maximum Gasteiger partial charge on any atom is 0.0645 e. The van der Waals surface area contributed by atoms with Gasteiger partial charge in [-0.05, 0) is 99.0 Å². The van der Waals surface area contributed by atoms with E-state index in [0.717, 1.165) is 72.0 Å². The van der Waals surface area contributed by atoms with Crippen molar-refractivity contribution in [2.24, 2.45) is 0 Å². The highest BCUT2D eigenvalue weighted by atomic mass is 15.0. The van der Waals surface area contributed by atoms with E-state index in [9.17, 15) is 6.85 Å². The molecule has 0 atom stereocenters. The first-order valence-electron chi connectivity index (χ1n) is 24.3. The number of hydrogen-bond acceptors (Lipinski definition) is 0. The third-order valence-corrected chi connectivity index (χ3v) is 12.0. The third-order valence-electron chi connectivity index (χ3n) is 12.0. The molecule has 0 aliphatic carbocycles. The van der Waals surface area contributed by atoms with Crippen molar-refractivity contribution in [3.05, 3.63) is 242 Å². The molecule has 0 radical (unpaired) electrons. The van der Waals surface area contributed by atoms with Crippen LogP contribution in [0.15, 0.2) is 242 Å². The van der Waals surface area contributed by atoms with Crippen LogP contribution in [0.3, 0.4) is 0 Å². The molecule has 0 saturated heterocycles. The van der Waals surface area contributed by atoms with Gasteiger partial charge in [0, 0.05) is 32.7 Å². The van der Waals surface area contributed by atoms with Crippen LogP contribution >= 0.6 is 0 Å². The molecule has 0 spiro atoms. The maximum atomic E-state index is 10.2. The Kier molecular flexibility index (Phi) is 6.95. The van der Waals surface area contributed by atoms with Gasteiger partial charge in [-0.15, -0.1) is 0 Å². The van der Waals surface area contributed by atoms with Gasteiger partial charge in [0.1, 0.15) is 0 Å². The summed E-state index contributed by atoms with van der Waals surface area (Å²) in [6.45, 7) is 0. The number of aromatic nitrogens is 2. The lowest BCUT2D eigenvalue weighted by atomic mass is 9.96. The van der Waals surface area contributed by atoms with Crippen LogP contribution in [0.1, 0.15) is 9.60 Å². The highest BCUT2D eigenvalue weighted by Gasteiger charge is 2.21. The number of hydrogen-bond donors (Lipinski definition) is 0. The second-order valence-electron chi connectivity index (χ2n) is 15.5. The summed E-state index contributed by atoms with van der Waals surface area (Å²) in [4.78, 5) is 0. The van der Waals surface area contributed by atoms with Gasteiger partial charge in [-0.3, -0.25) is 0 Å². The molecule has 0 aliphatic heterocycles. The van der Waals surface area contributed by atoms with Gasteiger partial charge in [-0.2, -0.15) is 0 Å². The topological polar surface area (TPSA) is 9.86 Å². The molecule has 12 rings (SSSR count). The van der Waals surface area contributed by atoms with Gasteiger partial charge in [-0.1, -0.05) is 188 Å². The van der Waals surface area contributed by atoms with E-state index in [0.29, 0.717) is 11.3 Å². The van der Waals surface area contributed by atoms with Gasteiger partial charge in [0.25, 0.3) is 0 Å². The minimum Gasteiger partial charge on any atom is -0.309 e. The first-order chi connectivity index (χ1) is 33.7. The summed E-state index contributed by atoms with van der Waals surface area (Å²) in [5.41, 5.74) is 12.2. The summed E-state index contributed by atoms with van der Waals surface area (Å²) in [7, 11) is 0. The summed E-state index contributed by atoms with van der Waals surface area (Å²) in [6.07, 6.45) is 0.